The van der Waals surface area contributed by atoms with Gasteiger partial charge < -0.3 is 4.74 Å². The summed E-state index contributed by atoms with van der Waals surface area (Å²) in [5.74, 6) is -0.242. The molecule has 0 amide bonds. The number of carbonyl (C=O) groups is 1. The average molecular weight is 218 g/mol. The molecule has 1 aliphatic heterocycles. The predicted molar refractivity (Wildman–Crippen MR) is 61.8 cm³/mol. The Kier molecular flexibility index (Phi) is 3.34. The summed E-state index contributed by atoms with van der Waals surface area (Å²) in [6.07, 6.45) is 2.29. The van der Waals surface area contributed by atoms with Crippen LogP contribution >= 0.6 is 0 Å². The van der Waals surface area contributed by atoms with Crippen molar-refractivity contribution in [1.29, 1.82) is 0 Å². The molecule has 1 saturated heterocycles. The summed E-state index contributed by atoms with van der Waals surface area (Å²) in [4.78, 5) is 11.8. The van der Waals surface area contributed by atoms with Gasteiger partial charge in [-0.25, -0.2) is 9.37 Å². The molecule has 3 heteroatoms. The fourth-order valence-electron chi connectivity index (χ4n) is 2.06. The van der Waals surface area contributed by atoms with Crippen LogP contribution in [0.5, 0.6) is 0 Å². The van der Waals surface area contributed by atoms with E-state index in [1.807, 2.05) is 30.3 Å². The zero-order valence-corrected chi connectivity index (χ0v) is 9.48. The van der Waals surface area contributed by atoms with Gasteiger partial charge in [-0.3, -0.25) is 0 Å². The van der Waals surface area contributed by atoms with Crippen LogP contribution in [-0.4, -0.2) is 36.5 Å². The second-order valence-corrected chi connectivity index (χ2v) is 3.90. The van der Waals surface area contributed by atoms with Gasteiger partial charge in [0.1, 0.15) is 13.1 Å². The summed E-state index contributed by atoms with van der Waals surface area (Å²) in [7, 11) is 1.43. The van der Waals surface area contributed by atoms with E-state index in [9.17, 15) is 4.79 Å². The molecule has 1 heterocycles. The minimum atomic E-state index is -0.242. The summed E-state index contributed by atoms with van der Waals surface area (Å²) in [6.45, 7) is 1.89. The SMILES string of the molecule is COC(=O)C(c1ccccc1)=[N+]1CCCC1. The van der Waals surface area contributed by atoms with Crippen LogP contribution in [0.3, 0.4) is 0 Å². The highest BCUT2D eigenvalue weighted by atomic mass is 16.5. The Morgan fingerprint density at radius 1 is 1.19 bits per heavy atom. The van der Waals surface area contributed by atoms with Gasteiger partial charge in [0.2, 0.25) is 0 Å². The lowest BCUT2D eigenvalue weighted by Gasteiger charge is -2.03. The number of hydrogen-bond donors (Lipinski definition) is 0. The molecule has 84 valence electrons. The summed E-state index contributed by atoms with van der Waals surface area (Å²) in [5.41, 5.74) is 1.64. The minimum absolute atomic E-state index is 0.242. The maximum Gasteiger partial charge on any atom is 0.403 e. The zero-order chi connectivity index (χ0) is 11.4. The average Bonchev–Trinajstić information content (AvgIpc) is 2.84. The molecule has 1 aromatic carbocycles. The Hall–Kier alpha value is -1.64. The lowest BCUT2D eigenvalue weighted by atomic mass is 10.1. The van der Waals surface area contributed by atoms with Crippen LogP contribution in [0.25, 0.3) is 0 Å². The van der Waals surface area contributed by atoms with Crippen molar-refractivity contribution >= 4 is 11.7 Å². The maximum absolute atomic E-state index is 11.8. The highest BCUT2D eigenvalue weighted by Crippen LogP contribution is 2.08. The lowest BCUT2D eigenvalue weighted by Crippen LogP contribution is -2.28. The van der Waals surface area contributed by atoms with E-state index < -0.39 is 0 Å². The molecule has 3 nitrogen and oxygen atoms in total. The van der Waals surface area contributed by atoms with Gasteiger partial charge in [0, 0.05) is 12.8 Å². The number of nitrogens with zero attached hydrogens (tertiary/aromatic N) is 1. The van der Waals surface area contributed by atoms with Crippen molar-refractivity contribution in [3.63, 3.8) is 0 Å². The Morgan fingerprint density at radius 2 is 1.81 bits per heavy atom. The molecule has 0 unspecified atom stereocenters. The van der Waals surface area contributed by atoms with Crippen molar-refractivity contribution in [2.24, 2.45) is 0 Å². The zero-order valence-electron chi connectivity index (χ0n) is 9.48. The number of hydrogen-bond acceptors (Lipinski definition) is 2. The highest BCUT2D eigenvalue weighted by Gasteiger charge is 2.28. The van der Waals surface area contributed by atoms with Crippen molar-refractivity contribution in [1.82, 2.24) is 0 Å². The molecule has 2 rings (SSSR count). The number of esters is 1. The number of carbonyl (C=O) groups excluding carboxylic acids is 1. The van der Waals surface area contributed by atoms with Crippen LogP contribution in [-0.2, 0) is 9.53 Å². The fraction of sp³-hybridized carbons (Fsp3) is 0.385. The summed E-state index contributed by atoms with van der Waals surface area (Å²) in [5, 5.41) is 0. The molecule has 0 aliphatic carbocycles. The third kappa shape index (κ3) is 2.13. The molecule has 1 aromatic rings. The van der Waals surface area contributed by atoms with E-state index in [2.05, 4.69) is 4.58 Å². The van der Waals surface area contributed by atoms with Gasteiger partial charge >= 0.3 is 5.97 Å². The minimum Gasteiger partial charge on any atom is -0.461 e. The number of methoxy groups -OCH3 is 1. The van der Waals surface area contributed by atoms with E-state index in [4.69, 9.17) is 4.74 Å². The molecule has 0 bridgehead atoms. The molecule has 0 spiro atoms. The quantitative estimate of drug-likeness (QED) is 0.555. The third-order valence-corrected chi connectivity index (χ3v) is 2.85. The molecule has 1 fully saturated rings. The van der Waals surface area contributed by atoms with E-state index in [1.54, 1.807) is 0 Å². The van der Waals surface area contributed by atoms with Gasteiger partial charge in [-0.05, 0) is 12.1 Å². The van der Waals surface area contributed by atoms with Gasteiger partial charge in [-0.15, -0.1) is 0 Å². The second-order valence-electron chi connectivity index (χ2n) is 3.90. The second kappa shape index (κ2) is 4.92. The van der Waals surface area contributed by atoms with Gasteiger partial charge in [0.05, 0.1) is 12.7 Å². The van der Waals surface area contributed by atoms with Crippen molar-refractivity contribution in [2.75, 3.05) is 20.2 Å². The van der Waals surface area contributed by atoms with E-state index in [1.165, 1.54) is 7.11 Å². The fourth-order valence-corrected chi connectivity index (χ4v) is 2.06. The molecule has 1 aliphatic rings. The first-order valence-electron chi connectivity index (χ1n) is 5.58. The molecule has 0 N–H and O–H groups in total. The van der Waals surface area contributed by atoms with Crippen LogP contribution < -0.4 is 0 Å². The molecule has 0 atom stereocenters. The molecule has 16 heavy (non-hydrogen) atoms. The molecule has 0 aromatic heterocycles. The van der Waals surface area contributed by atoms with Gasteiger partial charge in [0.15, 0.2) is 0 Å². The number of benzene rings is 1. The monoisotopic (exact) mass is 218 g/mol. The first-order valence-corrected chi connectivity index (χ1v) is 5.58. The van der Waals surface area contributed by atoms with E-state index in [0.29, 0.717) is 5.71 Å². The van der Waals surface area contributed by atoms with Gasteiger partial charge in [0.25, 0.3) is 5.71 Å². The largest absolute Gasteiger partial charge is 0.461 e. The summed E-state index contributed by atoms with van der Waals surface area (Å²) in [6, 6.07) is 9.72. The van der Waals surface area contributed by atoms with E-state index in [-0.39, 0.29) is 5.97 Å². The Balaban J connectivity index is 2.43. The maximum atomic E-state index is 11.8. The third-order valence-electron chi connectivity index (χ3n) is 2.85. The van der Waals surface area contributed by atoms with Crippen LogP contribution in [0.2, 0.25) is 0 Å². The Morgan fingerprint density at radius 3 is 2.38 bits per heavy atom. The normalized spacial score (nSPS) is 14.9. The molecular weight excluding hydrogens is 202 g/mol. The van der Waals surface area contributed by atoms with Gasteiger partial charge in [-0.1, -0.05) is 18.2 Å². The van der Waals surface area contributed by atoms with Crippen LogP contribution in [0.4, 0.5) is 0 Å². The van der Waals surface area contributed by atoms with E-state index >= 15 is 0 Å². The standard InChI is InChI=1S/C13H16NO2/c1-16-13(15)12(14-9-5-6-10-14)11-7-3-2-4-8-11/h2-4,7-8H,5-6,9-10H2,1H3/q+1. The van der Waals surface area contributed by atoms with Crippen molar-refractivity contribution in [3.05, 3.63) is 35.9 Å². The number of ether oxygens (including phenoxy) is 1. The predicted octanol–water partition coefficient (Wildman–Crippen LogP) is 1.45. The number of rotatable bonds is 2. The first kappa shape index (κ1) is 10.9. The van der Waals surface area contributed by atoms with E-state index in [0.717, 1.165) is 31.5 Å². The Labute approximate surface area is 95.4 Å². The van der Waals surface area contributed by atoms with Crippen molar-refractivity contribution < 1.29 is 14.1 Å². The first-order chi connectivity index (χ1) is 7.83. The highest BCUT2D eigenvalue weighted by molar-refractivity contribution is 6.41. The van der Waals surface area contributed by atoms with Crippen LogP contribution in [0, 0.1) is 0 Å². The van der Waals surface area contributed by atoms with Crippen molar-refractivity contribution in [2.45, 2.75) is 12.8 Å². The topological polar surface area (TPSA) is 29.3 Å². The van der Waals surface area contributed by atoms with Crippen molar-refractivity contribution in [3.8, 4) is 0 Å². The molecular formula is C13H16NO2+. The summed E-state index contributed by atoms with van der Waals surface area (Å²) < 4.78 is 6.97. The Bertz CT molecular complexity index is 401. The molecule has 0 radical (unpaired) electrons. The molecule has 0 saturated carbocycles. The van der Waals surface area contributed by atoms with Crippen LogP contribution in [0.1, 0.15) is 18.4 Å². The summed E-state index contributed by atoms with van der Waals surface area (Å²) >= 11 is 0. The smallest absolute Gasteiger partial charge is 0.403 e. The van der Waals surface area contributed by atoms with Crippen LogP contribution in [0.15, 0.2) is 30.3 Å². The lowest BCUT2D eigenvalue weighted by molar-refractivity contribution is -0.505. The van der Waals surface area contributed by atoms with Gasteiger partial charge in [-0.2, -0.15) is 0 Å².